The minimum atomic E-state index is 0. The third-order valence-electron chi connectivity index (χ3n) is 1.98. The quantitative estimate of drug-likeness (QED) is 0.710. The standard InChI is InChI=1S/C8H13N3O.ClH/c1-6-4-7(11-10-6)8-5-9-2-3-12-8;/h4,8-9H,2-3,5H2,1H3,(H,10,11);1H. The maximum atomic E-state index is 5.53. The van der Waals surface area contributed by atoms with Gasteiger partial charge in [-0.1, -0.05) is 0 Å². The van der Waals surface area contributed by atoms with Crippen molar-refractivity contribution in [2.75, 3.05) is 19.7 Å². The number of morpholine rings is 1. The van der Waals surface area contributed by atoms with E-state index in [1.165, 1.54) is 0 Å². The van der Waals surface area contributed by atoms with Gasteiger partial charge >= 0.3 is 0 Å². The summed E-state index contributed by atoms with van der Waals surface area (Å²) in [5.74, 6) is 0. The highest BCUT2D eigenvalue weighted by molar-refractivity contribution is 5.85. The van der Waals surface area contributed by atoms with E-state index in [2.05, 4.69) is 15.5 Å². The van der Waals surface area contributed by atoms with Crippen LogP contribution < -0.4 is 5.32 Å². The Morgan fingerprint density at radius 1 is 1.62 bits per heavy atom. The maximum Gasteiger partial charge on any atom is 0.114 e. The lowest BCUT2D eigenvalue weighted by Crippen LogP contribution is -2.33. The Hall–Kier alpha value is -0.580. The van der Waals surface area contributed by atoms with Gasteiger partial charge in [-0.2, -0.15) is 5.10 Å². The summed E-state index contributed by atoms with van der Waals surface area (Å²) in [6, 6.07) is 2.03. The minimum Gasteiger partial charge on any atom is -0.369 e. The van der Waals surface area contributed by atoms with Crippen molar-refractivity contribution in [3.8, 4) is 0 Å². The molecule has 0 spiro atoms. The van der Waals surface area contributed by atoms with E-state index < -0.39 is 0 Å². The molecule has 1 saturated heterocycles. The number of nitrogens with one attached hydrogen (secondary N) is 2. The highest BCUT2D eigenvalue weighted by Gasteiger charge is 2.17. The average Bonchev–Trinajstić information content (AvgIpc) is 2.54. The molecule has 2 N–H and O–H groups in total. The highest BCUT2D eigenvalue weighted by atomic mass is 35.5. The molecule has 0 aromatic carbocycles. The van der Waals surface area contributed by atoms with Crippen LogP contribution in [0.25, 0.3) is 0 Å². The van der Waals surface area contributed by atoms with Crippen LogP contribution in [0, 0.1) is 6.92 Å². The second-order valence-corrected chi connectivity index (χ2v) is 3.04. The van der Waals surface area contributed by atoms with Gasteiger partial charge in [-0.15, -0.1) is 12.4 Å². The molecule has 74 valence electrons. The smallest absolute Gasteiger partial charge is 0.114 e. The topological polar surface area (TPSA) is 49.9 Å². The van der Waals surface area contributed by atoms with Crippen LogP contribution in [-0.2, 0) is 4.74 Å². The monoisotopic (exact) mass is 203 g/mol. The fourth-order valence-electron chi connectivity index (χ4n) is 1.36. The van der Waals surface area contributed by atoms with Gasteiger partial charge in [-0.25, -0.2) is 0 Å². The lowest BCUT2D eigenvalue weighted by Gasteiger charge is -2.21. The third kappa shape index (κ3) is 2.43. The summed E-state index contributed by atoms with van der Waals surface area (Å²) in [6.45, 7) is 4.58. The van der Waals surface area contributed by atoms with Crippen molar-refractivity contribution in [2.45, 2.75) is 13.0 Å². The average molecular weight is 204 g/mol. The molecule has 0 bridgehead atoms. The molecular weight excluding hydrogens is 190 g/mol. The zero-order valence-electron chi connectivity index (χ0n) is 7.54. The van der Waals surface area contributed by atoms with Crippen molar-refractivity contribution in [3.63, 3.8) is 0 Å². The first-order chi connectivity index (χ1) is 5.86. The molecule has 1 aliphatic rings. The van der Waals surface area contributed by atoms with E-state index in [9.17, 15) is 0 Å². The van der Waals surface area contributed by atoms with E-state index in [0.29, 0.717) is 0 Å². The molecule has 13 heavy (non-hydrogen) atoms. The number of aromatic nitrogens is 2. The molecule has 0 saturated carbocycles. The lowest BCUT2D eigenvalue weighted by molar-refractivity contribution is 0.0250. The SMILES string of the molecule is Cc1cc(C2CNCCO2)n[nH]1.Cl. The normalized spacial score (nSPS) is 22.4. The van der Waals surface area contributed by atoms with Crippen molar-refractivity contribution >= 4 is 12.4 Å². The van der Waals surface area contributed by atoms with Crippen LogP contribution >= 0.6 is 12.4 Å². The minimum absolute atomic E-state index is 0. The predicted molar refractivity (Wildman–Crippen MR) is 52.1 cm³/mol. The molecule has 2 heterocycles. The number of hydrogen-bond donors (Lipinski definition) is 2. The summed E-state index contributed by atoms with van der Waals surface area (Å²) in [4.78, 5) is 0. The Kier molecular flexibility index (Phi) is 3.71. The summed E-state index contributed by atoms with van der Waals surface area (Å²) in [5, 5.41) is 10.3. The van der Waals surface area contributed by atoms with Crippen LogP contribution in [0.2, 0.25) is 0 Å². The van der Waals surface area contributed by atoms with Crippen molar-refractivity contribution in [2.24, 2.45) is 0 Å². The van der Waals surface area contributed by atoms with Crippen molar-refractivity contribution in [1.82, 2.24) is 15.5 Å². The van der Waals surface area contributed by atoms with E-state index in [0.717, 1.165) is 31.1 Å². The van der Waals surface area contributed by atoms with Crippen LogP contribution in [0.1, 0.15) is 17.5 Å². The number of aryl methyl sites for hydroxylation is 1. The zero-order chi connectivity index (χ0) is 8.39. The van der Waals surface area contributed by atoms with Crippen LogP contribution in [0.3, 0.4) is 0 Å². The molecule has 1 unspecified atom stereocenters. The van der Waals surface area contributed by atoms with Crippen LogP contribution in [-0.4, -0.2) is 29.9 Å². The Labute approximate surface area is 83.5 Å². The van der Waals surface area contributed by atoms with E-state index >= 15 is 0 Å². The van der Waals surface area contributed by atoms with Gasteiger partial charge in [0, 0.05) is 18.8 Å². The van der Waals surface area contributed by atoms with Gasteiger partial charge in [0.15, 0.2) is 0 Å². The van der Waals surface area contributed by atoms with E-state index in [4.69, 9.17) is 4.74 Å². The largest absolute Gasteiger partial charge is 0.369 e. The van der Waals surface area contributed by atoms with Crippen molar-refractivity contribution in [3.05, 3.63) is 17.5 Å². The third-order valence-corrected chi connectivity index (χ3v) is 1.98. The van der Waals surface area contributed by atoms with Gasteiger partial charge in [0.1, 0.15) is 6.10 Å². The summed E-state index contributed by atoms with van der Waals surface area (Å²) in [7, 11) is 0. The molecular formula is C8H14ClN3O. The Morgan fingerprint density at radius 3 is 3.00 bits per heavy atom. The number of H-pyrrole nitrogens is 1. The van der Waals surface area contributed by atoms with Crippen molar-refractivity contribution < 1.29 is 4.74 Å². The number of nitrogens with zero attached hydrogens (tertiary/aromatic N) is 1. The number of rotatable bonds is 1. The van der Waals surface area contributed by atoms with Crippen molar-refractivity contribution in [1.29, 1.82) is 0 Å². The van der Waals surface area contributed by atoms with Gasteiger partial charge in [-0.3, -0.25) is 5.10 Å². The molecule has 1 aliphatic heterocycles. The summed E-state index contributed by atoms with van der Waals surface area (Å²) in [6.07, 6.45) is 0.128. The van der Waals surface area contributed by atoms with E-state index in [-0.39, 0.29) is 18.5 Å². The molecule has 1 aromatic rings. The maximum absolute atomic E-state index is 5.53. The molecule has 0 radical (unpaired) electrons. The Balaban J connectivity index is 0.000000845. The molecule has 1 fully saturated rings. The predicted octanol–water partition coefficient (Wildman–Crippen LogP) is 0.801. The van der Waals surface area contributed by atoms with Gasteiger partial charge in [-0.05, 0) is 13.0 Å². The molecule has 2 rings (SSSR count). The second-order valence-electron chi connectivity index (χ2n) is 3.04. The fraction of sp³-hybridized carbons (Fsp3) is 0.625. The molecule has 0 amide bonds. The van der Waals surface area contributed by atoms with E-state index in [1.54, 1.807) is 0 Å². The van der Waals surface area contributed by atoms with Crippen LogP contribution in [0.5, 0.6) is 0 Å². The zero-order valence-corrected chi connectivity index (χ0v) is 8.36. The number of halogens is 1. The Bertz CT molecular complexity index is 258. The van der Waals surface area contributed by atoms with Crippen LogP contribution in [0.4, 0.5) is 0 Å². The molecule has 1 atom stereocenters. The Morgan fingerprint density at radius 2 is 2.46 bits per heavy atom. The first kappa shape index (κ1) is 10.5. The molecule has 1 aromatic heterocycles. The summed E-state index contributed by atoms with van der Waals surface area (Å²) in [5.41, 5.74) is 2.08. The highest BCUT2D eigenvalue weighted by Crippen LogP contribution is 2.16. The first-order valence-electron chi connectivity index (χ1n) is 4.20. The number of ether oxygens (including phenoxy) is 1. The number of aromatic amines is 1. The van der Waals surface area contributed by atoms with Gasteiger partial charge in [0.25, 0.3) is 0 Å². The number of hydrogen-bond acceptors (Lipinski definition) is 3. The molecule has 5 heteroatoms. The second kappa shape index (κ2) is 4.60. The molecule has 4 nitrogen and oxygen atoms in total. The summed E-state index contributed by atoms with van der Waals surface area (Å²) >= 11 is 0. The summed E-state index contributed by atoms with van der Waals surface area (Å²) < 4.78 is 5.53. The van der Waals surface area contributed by atoms with E-state index in [1.807, 2.05) is 13.0 Å². The fourth-order valence-corrected chi connectivity index (χ4v) is 1.36. The van der Waals surface area contributed by atoms with Gasteiger partial charge in [0.2, 0.25) is 0 Å². The van der Waals surface area contributed by atoms with Gasteiger partial charge in [0.05, 0.1) is 12.3 Å². The lowest BCUT2D eigenvalue weighted by atomic mass is 10.2. The van der Waals surface area contributed by atoms with Gasteiger partial charge < -0.3 is 10.1 Å². The first-order valence-corrected chi connectivity index (χ1v) is 4.20. The molecule has 0 aliphatic carbocycles. The van der Waals surface area contributed by atoms with Crippen LogP contribution in [0.15, 0.2) is 6.07 Å².